The molecule has 0 bridgehead atoms. The van der Waals surface area contributed by atoms with Crippen LogP contribution in [0.1, 0.15) is 21.5 Å². The smallest absolute Gasteiger partial charge is 0.337 e. The Kier molecular flexibility index (Phi) is 4.05. The second-order valence-electron chi connectivity index (χ2n) is 6.04. The summed E-state index contributed by atoms with van der Waals surface area (Å²) in [6.45, 7) is 4.20. The third kappa shape index (κ3) is 2.78. The first-order chi connectivity index (χ1) is 12.6. The van der Waals surface area contributed by atoms with Crippen LogP contribution in [0, 0.1) is 13.8 Å². The maximum atomic E-state index is 11.5. The molecule has 0 saturated carbocycles. The number of nitrogens with zero attached hydrogens (tertiary/aromatic N) is 2. The molecule has 6 heteroatoms. The van der Waals surface area contributed by atoms with Crippen molar-refractivity contribution in [2.24, 2.45) is 0 Å². The fourth-order valence-electron chi connectivity index (χ4n) is 2.81. The van der Waals surface area contributed by atoms with E-state index in [4.69, 9.17) is 9.26 Å². The summed E-state index contributed by atoms with van der Waals surface area (Å²) in [6.07, 6.45) is 0. The highest BCUT2D eigenvalue weighted by Gasteiger charge is 2.15. The van der Waals surface area contributed by atoms with Crippen LogP contribution >= 0.6 is 11.3 Å². The molecule has 0 radical (unpaired) electrons. The number of rotatable bonds is 3. The Morgan fingerprint density at radius 1 is 1.08 bits per heavy atom. The van der Waals surface area contributed by atoms with Crippen LogP contribution in [0.25, 0.3) is 32.2 Å². The molecule has 2 aromatic heterocycles. The Morgan fingerprint density at radius 2 is 1.81 bits per heavy atom. The molecule has 4 aromatic rings. The van der Waals surface area contributed by atoms with Gasteiger partial charge >= 0.3 is 5.97 Å². The van der Waals surface area contributed by atoms with Crippen molar-refractivity contribution in [2.75, 3.05) is 7.11 Å². The summed E-state index contributed by atoms with van der Waals surface area (Å²) in [6, 6.07) is 13.3. The Labute approximate surface area is 154 Å². The van der Waals surface area contributed by atoms with Gasteiger partial charge in [0.15, 0.2) is 0 Å². The van der Waals surface area contributed by atoms with Gasteiger partial charge in [-0.15, -0.1) is 11.3 Å². The number of fused-ring (bicyclic) bond motifs is 1. The van der Waals surface area contributed by atoms with Crippen LogP contribution < -0.4 is 0 Å². The van der Waals surface area contributed by atoms with Gasteiger partial charge in [0, 0.05) is 10.3 Å². The summed E-state index contributed by atoms with van der Waals surface area (Å²) in [4.78, 5) is 17.0. The summed E-state index contributed by atoms with van der Waals surface area (Å²) in [7, 11) is 1.36. The Bertz CT molecular complexity index is 1070. The van der Waals surface area contributed by atoms with Gasteiger partial charge in [-0.25, -0.2) is 4.79 Å². The van der Waals surface area contributed by atoms with Crippen LogP contribution in [0.2, 0.25) is 0 Å². The van der Waals surface area contributed by atoms with E-state index in [9.17, 15) is 4.79 Å². The number of aryl methyl sites for hydroxylation is 2. The van der Waals surface area contributed by atoms with E-state index >= 15 is 0 Å². The maximum absolute atomic E-state index is 11.5. The number of carbonyl (C=O) groups excluding carboxylic acids is 1. The largest absolute Gasteiger partial charge is 0.465 e. The third-order valence-electron chi connectivity index (χ3n) is 4.30. The summed E-state index contributed by atoms with van der Waals surface area (Å²) in [5, 5.41) is 5.29. The number of methoxy groups -OCH3 is 1. The molecule has 0 spiro atoms. The van der Waals surface area contributed by atoms with E-state index in [-0.39, 0.29) is 5.97 Å². The molecule has 0 unspecified atom stereocenters. The van der Waals surface area contributed by atoms with Crippen LogP contribution in [-0.2, 0) is 4.74 Å². The van der Waals surface area contributed by atoms with Gasteiger partial charge in [0.2, 0.25) is 5.82 Å². The molecular weight excluding hydrogens is 348 g/mol. The Hall–Kier alpha value is -2.99. The van der Waals surface area contributed by atoms with Crippen LogP contribution in [-0.4, -0.2) is 23.2 Å². The van der Waals surface area contributed by atoms with Crippen molar-refractivity contribution in [3.8, 4) is 22.2 Å². The maximum Gasteiger partial charge on any atom is 0.337 e. The predicted molar refractivity (Wildman–Crippen MR) is 101 cm³/mol. The number of aromatic nitrogens is 2. The van der Waals surface area contributed by atoms with Gasteiger partial charge in [0.1, 0.15) is 0 Å². The third-order valence-corrected chi connectivity index (χ3v) is 5.56. The molecule has 0 atom stereocenters. The molecule has 130 valence electrons. The van der Waals surface area contributed by atoms with Crippen LogP contribution in [0.4, 0.5) is 0 Å². The predicted octanol–water partition coefficient (Wildman–Crippen LogP) is 5.02. The fraction of sp³-hybridized carbons (Fsp3) is 0.150. The van der Waals surface area contributed by atoms with Crippen molar-refractivity contribution in [3.63, 3.8) is 0 Å². The average molecular weight is 364 g/mol. The molecule has 0 aliphatic carbocycles. The lowest BCUT2D eigenvalue weighted by atomic mass is 10.1. The van der Waals surface area contributed by atoms with Crippen molar-refractivity contribution in [3.05, 3.63) is 59.2 Å². The summed E-state index contributed by atoms with van der Waals surface area (Å²) in [5.74, 6) is 0.612. The quantitative estimate of drug-likeness (QED) is 0.478. The van der Waals surface area contributed by atoms with Crippen molar-refractivity contribution in [1.82, 2.24) is 10.1 Å². The highest BCUT2D eigenvalue weighted by Crippen LogP contribution is 2.36. The Morgan fingerprint density at radius 3 is 2.50 bits per heavy atom. The first-order valence-corrected chi connectivity index (χ1v) is 8.91. The topological polar surface area (TPSA) is 65.2 Å². The van der Waals surface area contributed by atoms with Crippen LogP contribution in [0.15, 0.2) is 47.0 Å². The van der Waals surface area contributed by atoms with E-state index in [1.807, 2.05) is 0 Å². The van der Waals surface area contributed by atoms with E-state index in [0.717, 1.165) is 10.4 Å². The van der Waals surface area contributed by atoms with Crippen molar-refractivity contribution in [1.29, 1.82) is 0 Å². The van der Waals surface area contributed by atoms with Crippen LogP contribution in [0.5, 0.6) is 0 Å². The first-order valence-electron chi connectivity index (χ1n) is 8.09. The van der Waals surface area contributed by atoms with Gasteiger partial charge in [0.05, 0.1) is 17.6 Å². The van der Waals surface area contributed by atoms with Gasteiger partial charge in [-0.3, -0.25) is 0 Å². The number of esters is 1. The monoisotopic (exact) mass is 364 g/mol. The molecule has 0 saturated heterocycles. The zero-order valence-electron chi connectivity index (χ0n) is 14.6. The molecule has 2 aromatic carbocycles. The molecule has 0 aliphatic heterocycles. The van der Waals surface area contributed by atoms with E-state index in [2.05, 4.69) is 42.2 Å². The highest BCUT2D eigenvalue weighted by molar-refractivity contribution is 7.22. The molecule has 0 amide bonds. The SMILES string of the molecule is COC(=O)c1ccc(-c2noc(-c3cc4c(C)ccc(C)c4s3)n2)cc1. The van der Waals surface area contributed by atoms with Gasteiger partial charge in [-0.2, -0.15) is 4.98 Å². The zero-order valence-corrected chi connectivity index (χ0v) is 15.4. The minimum Gasteiger partial charge on any atom is -0.465 e. The summed E-state index contributed by atoms with van der Waals surface area (Å²) in [5.41, 5.74) is 3.72. The standard InChI is InChI=1S/C20H16N2O3S/c1-11-4-5-12(2)17-15(11)10-16(26-17)19-21-18(22-25-19)13-6-8-14(9-7-13)20(23)24-3/h4-10H,1-3H3. The number of benzene rings is 2. The second kappa shape index (κ2) is 6.38. The minimum absolute atomic E-state index is 0.374. The average Bonchev–Trinajstić information content (AvgIpc) is 3.32. The molecule has 2 heterocycles. The number of hydrogen-bond donors (Lipinski definition) is 0. The van der Waals surface area contributed by atoms with Crippen molar-refractivity contribution in [2.45, 2.75) is 13.8 Å². The number of thiophene rings is 1. The van der Waals surface area contributed by atoms with E-state index in [0.29, 0.717) is 17.3 Å². The molecule has 0 aliphatic rings. The van der Waals surface area contributed by atoms with Crippen molar-refractivity contribution < 1.29 is 14.1 Å². The van der Waals surface area contributed by atoms with E-state index < -0.39 is 0 Å². The van der Waals surface area contributed by atoms with Gasteiger partial charge in [-0.05, 0) is 48.6 Å². The molecular formula is C20H16N2O3S. The zero-order chi connectivity index (χ0) is 18.3. The molecule has 0 N–H and O–H groups in total. The van der Waals surface area contributed by atoms with E-state index in [1.165, 1.54) is 28.3 Å². The normalized spacial score (nSPS) is 11.0. The fourth-order valence-corrected chi connectivity index (χ4v) is 3.94. The van der Waals surface area contributed by atoms with Gasteiger partial charge in [0.25, 0.3) is 5.89 Å². The number of ether oxygens (including phenoxy) is 1. The Balaban J connectivity index is 1.69. The van der Waals surface area contributed by atoms with Gasteiger partial charge < -0.3 is 9.26 Å². The van der Waals surface area contributed by atoms with Crippen molar-refractivity contribution >= 4 is 27.4 Å². The molecule has 26 heavy (non-hydrogen) atoms. The van der Waals surface area contributed by atoms with Gasteiger partial charge in [-0.1, -0.05) is 29.4 Å². The number of hydrogen-bond acceptors (Lipinski definition) is 6. The molecule has 0 fully saturated rings. The number of carbonyl (C=O) groups is 1. The highest BCUT2D eigenvalue weighted by atomic mass is 32.1. The molecule has 5 nitrogen and oxygen atoms in total. The molecule has 4 rings (SSSR count). The van der Waals surface area contributed by atoms with Crippen LogP contribution in [0.3, 0.4) is 0 Å². The summed E-state index contributed by atoms with van der Waals surface area (Å²) < 4.78 is 11.4. The lowest BCUT2D eigenvalue weighted by Crippen LogP contribution is -2.00. The summed E-state index contributed by atoms with van der Waals surface area (Å²) >= 11 is 1.65. The lowest BCUT2D eigenvalue weighted by molar-refractivity contribution is 0.0601. The van der Waals surface area contributed by atoms with E-state index in [1.54, 1.807) is 35.6 Å². The lowest BCUT2D eigenvalue weighted by Gasteiger charge is -1.99. The second-order valence-corrected chi connectivity index (χ2v) is 7.10. The first kappa shape index (κ1) is 16.5. The minimum atomic E-state index is -0.374.